The van der Waals surface area contributed by atoms with Crippen LogP contribution in [0.2, 0.25) is 0 Å². The van der Waals surface area contributed by atoms with E-state index in [1.165, 1.54) is 51.4 Å². The van der Waals surface area contributed by atoms with Gasteiger partial charge in [0.25, 0.3) is 0 Å². The van der Waals surface area contributed by atoms with Gasteiger partial charge in [-0.25, -0.2) is 29.0 Å². The molecule has 3 rings (SSSR count). The lowest BCUT2D eigenvalue weighted by Crippen LogP contribution is -2.15. The Bertz CT molecular complexity index is 1200. The third-order valence-corrected chi connectivity index (χ3v) is 7.04. The molecule has 8 nitrogen and oxygen atoms in total. The van der Waals surface area contributed by atoms with Crippen LogP contribution in [0.15, 0.2) is 84.9 Å². The summed E-state index contributed by atoms with van der Waals surface area (Å²) in [4.78, 5) is 56.6. The van der Waals surface area contributed by atoms with Crippen molar-refractivity contribution >= 4 is 46.9 Å². The highest BCUT2D eigenvalue weighted by Gasteiger charge is 2.19. The molecule has 3 aromatic rings. The molecule has 0 atom stereocenters. The lowest BCUT2D eigenvalue weighted by atomic mass is 10.1. The van der Waals surface area contributed by atoms with E-state index in [2.05, 4.69) is 23.6 Å². The van der Waals surface area contributed by atoms with E-state index in [4.69, 9.17) is 9.47 Å². The summed E-state index contributed by atoms with van der Waals surface area (Å²) in [6.07, 6.45) is 13.6. The molecule has 0 aliphatic carbocycles. The SMILES string of the molecule is CCCCCCCCOC(=O)c1ccccc1C(=O)OCCCCCCCC.O=C(OOC(=O)c1ccccc1)c1ccccc1.[MgH2]. The highest BCUT2D eigenvalue weighted by molar-refractivity contribution is 6.03. The standard InChI is InChI=1S/C24H38O4.C14H10O4.Mg.2H/c1-3-5-7-9-11-15-19-27-23(25)21-17-13-14-18-22(21)24(26)28-20-16-12-10-8-6-4-2;15-13(11-7-3-1-4-8-11)17-18-14(16)12-9-5-2-6-10-12;;;/h13-14,17-18H,3-12,15-16,19-20H2,1-2H3;1-10H;;;. The first-order valence-electron chi connectivity index (χ1n) is 16.4. The summed E-state index contributed by atoms with van der Waals surface area (Å²) in [6.45, 7) is 5.17. The average Bonchev–Trinajstić information content (AvgIpc) is 3.10. The van der Waals surface area contributed by atoms with E-state index in [0.717, 1.165) is 25.7 Å². The molecule has 9 heteroatoms. The molecule has 0 fully saturated rings. The monoisotopic (exact) mass is 658 g/mol. The second-order valence-electron chi connectivity index (χ2n) is 10.8. The molecule has 252 valence electrons. The van der Waals surface area contributed by atoms with Crippen LogP contribution in [0.5, 0.6) is 0 Å². The van der Waals surface area contributed by atoms with E-state index in [-0.39, 0.29) is 23.1 Å². The molecule has 0 unspecified atom stereocenters. The van der Waals surface area contributed by atoms with Crippen LogP contribution in [-0.2, 0) is 19.2 Å². The van der Waals surface area contributed by atoms with Crippen LogP contribution in [0.1, 0.15) is 132 Å². The molecule has 0 saturated heterocycles. The van der Waals surface area contributed by atoms with E-state index in [1.54, 1.807) is 84.9 Å². The number of carbonyl (C=O) groups excluding carboxylic acids is 4. The second kappa shape index (κ2) is 26.4. The minimum Gasteiger partial charge on any atom is -0.462 e. The van der Waals surface area contributed by atoms with Gasteiger partial charge in [0, 0.05) is 0 Å². The number of rotatable bonds is 18. The number of esters is 2. The van der Waals surface area contributed by atoms with Gasteiger partial charge in [-0.05, 0) is 49.2 Å². The van der Waals surface area contributed by atoms with Crippen molar-refractivity contribution in [1.29, 1.82) is 0 Å². The van der Waals surface area contributed by atoms with Gasteiger partial charge in [0.05, 0.1) is 35.5 Å². The van der Waals surface area contributed by atoms with Gasteiger partial charge in [-0.3, -0.25) is 0 Å². The van der Waals surface area contributed by atoms with Crippen LogP contribution in [0.4, 0.5) is 0 Å². The molecule has 0 aliphatic heterocycles. The fourth-order valence-electron chi connectivity index (χ4n) is 4.41. The lowest BCUT2D eigenvalue weighted by Gasteiger charge is -2.10. The summed E-state index contributed by atoms with van der Waals surface area (Å²) in [5.74, 6) is -2.30. The number of benzene rings is 3. The third kappa shape index (κ3) is 17.7. The van der Waals surface area contributed by atoms with Crippen molar-refractivity contribution in [1.82, 2.24) is 0 Å². The van der Waals surface area contributed by atoms with Gasteiger partial charge in [0.1, 0.15) is 0 Å². The normalized spacial score (nSPS) is 10.0. The van der Waals surface area contributed by atoms with Crippen molar-refractivity contribution in [3.8, 4) is 0 Å². The Morgan fingerprint density at radius 3 is 1.11 bits per heavy atom. The molecular weight excluding hydrogens is 609 g/mol. The Kier molecular flexibility index (Phi) is 23.2. The molecule has 0 aliphatic rings. The van der Waals surface area contributed by atoms with Crippen LogP contribution in [0.25, 0.3) is 0 Å². The van der Waals surface area contributed by atoms with Crippen molar-refractivity contribution in [3.05, 3.63) is 107 Å². The van der Waals surface area contributed by atoms with E-state index in [0.29, 0.717) is 35.5 Å². The smallest absolute Gasteiger partial charge is 0.386 e. The van der Waals surface area contributed by atoms with Crippen LogP contribution in [0.3, 0.4) is 0 Å². The van der Waals surface area contributed by atoms with Crippen LogP contribution >= 0.6 is 0 Å². The Labute approximate surface area is 295 Å². The maximum Gasteiger partial charge on any atom is 0.386 e. The second-order valence-corrected chi connectivity index (χ2v) is 10.8. The summed E-state index contributed by atoms with van der Waals surface area (Å²) >= 11 is 0. The first-order chi connectivity index (χ1) is 22.5. The van der Waals surface area contributed by atoms with Gasteiger partial charge in [-0.15, -0.1) is 0 Å². The highest BCUT2D eigenvalue weighted by atomic mass is 24.3. The summed E-state index contributed by atoms with van der Waals surface area (Å²) in [5, 5.41) is 0. The maximum atomic E-state index is 12.4. The van der Waals surface area contributed by atoms with Crippen molar-refractivity contribution in [2.75, 3.05) is 13.2 Å². The molecule has 0 heterocycles. The van der Waals surface area contributed by atoms with Gasteiger partial charge in [-0.2, -0.15) is 0 Å². The Hall–Kier alpha value is -3.69. The molecule has 0 bridgehead atoms. The largest absolute Gasteiger partial charge is 0.462 e. The van der Waals surface area contributed by atoms with Gasteiger partial charge >= 0.3 is 46.9 Å². The van der Waals surface area contributed by atoms with Crippen molar-refractivity contribution < 1.29 is 38.4 Å². The summed E-state index contributed by atoms with van der Waals surface area (Å²) in [7, 11) is 0. The third-order valence-electron chi connectivity index (χ3n) is 7.04. The minimum absolute atomic E-state index is 0. The van der Waals surface area contributed by atoms with Gasteiger partial charge in [0.15, 0.2) is 0 Å². The molecule has 0 saturated carbocycles. The topological polar surface area (TPSA) is 105 Å². The van der Waals surface area contributed by atoms with E-state index in [9.17, 15) is 19.2 Å². The maximum absolute atomic E-state index is 12.4. The Balaban J connectivity index is 0.000000500. The minimum atomic E-state index is -0.708. The Morgan fingerprint density at radius 2 is 0.745 bits per heavy atom. The lowest BCUT2D eigenvalue weighted by molar-refractivity contribution is -0.187. The predicted molar refractivity (Wildman–Crippen MR) is 186 cm³/mol. The number of carbonyl (C=O) groups is 4. The van der Waals surface area contributed by atoms with E-state index >= 15 is 0 Å². The molecule has 0 spiro atoms. The average molecular weight is 659 g/mol. The summed E-state index contributed by atoms with van der Waals surface area (Å²) in [5.41, 5.74) is 1.22. The van der Waals surface area contributed by atoms with Gasteiger partial charge in [0.2, 0.25) is 0 Å². The predicted octanol–water partition coefficient (Wildman–Crippen LogP) is 8.42. The zero-order valence-corrected chi connectivity index (χ0v) is 27.2. The van der Waals surface area contributed by atoms with Crippen molar-refractivity contribution in [2.24, 2.45) is 0 Å². The van der Waals surface area contributed by atoms with Crippen molar-refractivity contribution in [3.63, 3.8) is 0 Å². The van der Waals surface area contributed by atoms with Gasteiger partial charge in [-0.1, -0.05) is 127 Å². The number of hydrogen-bond acceptors (Lipinski definition) is 8. The molecular formula is C38H50MgO8. The van der Waals surface area contributed by atoms with E-state index < -0.39 is 23.9 Å². The molecule has 0 amide bonds. The van der Waals surface area contributed by atoms with Crippen LogP contribution in [-0.4, -0.2) is 60.1 Å². The first-order valence-corrected chi connectivity index (χ1v) is 16.4. The fourth-order valence-corrected chi connectivity index (χ4v) is 4.41. The molecule has 0 radical (unpaired) electrons. The highest BCUT2D eigenvalue weighted by Crippen LogP contribution is 2.14. The number of ether oxygens (including phenoxy) is 2. The quantitative estimate of drug-likeness (QED) is 0.0441. The number of hydrogen-bond donors (Lipinski definition) is 0. The van der Waals surface area contributed by atoms with Crippen LogP contribution in [0, 0.1) is 0 Å². The van der Waals surface area contributed by atoms with Gasteiger partial charge < -0.3 is 9.47 Å². The molecule has 0 aromatic heterocycles. The summed E-state index contributed by atoms with van der Waals surface area (Å²) in [6, 6.07) is 23.3. The summed E-state index contributed by atoms with van der Waals surface area (Å²) < 4.78 is 10.7. The van der Waals surface area contributed by atoms with E-state index in [1.807, 2.05) is 0 Å². The van der Waals surface area contributed by atoms with Crippen molar-refractivity contribution in [2.45, 2.75) is 90.9 Å². The molecule has 0 N–H and O–H groups in total. The zero-order valence-electron chi connectivity index (χ0n) is 27.2. The first kappa shape index (κ1) is 41.3. The fraction of sp³-hybridized carbons (Fsp3) is 0.421. The zero-order chi connectivity index (χ0) is 33.2. The molecule has 3 aromatic carbocycles. The molecule has 47 heavy (non-hydrogen) atoms. The van der Waals surface area contributed by atoms with Crippen LogP contribution < -0.4 is 0 Å². The number of unbranched alkanes of at least 4 members (excludes halogenated alkanes) is 10. The Morgan fingerprint density at radius 1 is 0.426 bits per heavy atom.